The maximum Gasteiger partial charge on any atom is 0.252 e. The van der Waals surface area contributed by atoms with Crippen LogP contribution in [-0.4, -0.2) is 19.1 Å². The minimum Gasteiger partial charge on any atom is -0.493 e. The Bertz CT molecular complexity index is 729. The molecule has 0 fully saturated rings. The van der Waals surface area contributed by atoms with E-state index in [1.165, 1.54) is 0 Å². The Morgan fingerprint density at radius 3 is 2.54 bits per heavy atom. The van der Waals surface area contributed by atoms with Crippen molar-refractivity contribution in [1.82, 2.24) is 5.32 Å². The smallest absolute Gasteiger partial charge is 0.252 e. The minimum absolute atomic E-state index is 0.0769. The molecular weight excluding hydrogens is 417 g/mol. The summed E-state index contributed by atoms with van der Waals surface area (Å²) in [5.74, 6) is 1.29. The molecule has 0 saturated carbocycles. The zero-order chi connectivity index (χ0) is 17.7. The van der Waals surface area contributed by atoms with Crippen LogP contribution in [0, 0.1) is 10.5 Å². The van der Waals surface area contributed by atoms with Gasteiger partial charge in [0.1, 0.15) is 0 Å². The summed E-state index contributed by atoms with van der Waals surface area (Å²) in [4.78, 5) is 12.3. The SMILES string of the molecule is COc1cc(CNC(=O)c2ccc(C)cc2I)ccc1OC(C)C. The van der Waals surface area contributed by atoms with Gasteiger partial charge in [-0.05, 0) is 73.2 Å². The molecule has 1 N–H and O–H groups in total. The number of halogens is 1. The van der Waals surface area contributed by atoms with Crippen LogP contribution in [0.4, 0.5) is 0 Å². The second-order valence-electron chi connectivity index (χ2n) is 5.82. The van der Waals surface area contributed by atoms with E-state index in [9.17, 15) is 4.79 Å². The van der Waals surface area contributed by atoms with Crippen LogP contribution in [0.3, 0.4) is 0 Å². The molecule has 1 amide bonds. The topological polar surface area (TPSA) is 47.6 Å². The van der Waals surface area contributed by atoms with Gasteiger partial charge in [-0.25, -0.2) is 0 Å². The molecule has 0 spiro atoms. The van der Waals surface area contributed by atoms with Gasteiger partial charge in [0, 0.05) is 10.1 Å². The van der Waals surface area contributed by atoms with Crippen LogP contribution in [0.2, 0.25) is 0 Å². The first kappa shape index (κ1) is 18.6. The molecule has 128 valence electrons. The molecule has 0 atom stereocenters. The van der Waals surface area contributed by atoms with Gasteiger partial charge in [0.05, 0.1) is 18.8 Å². The number of nitrogens with one attached hydrogen (secondary N) is 1. The number of carbonyl (C=O) groups excluding carboxylic acids is 1. The van der Waals surface area contributed by atoms with E-state index in [-0.39, 0.29) is 12.0 Å². The second kappa shape index (κ2) is 8.37. The lowest BCUT2D eigenvalue weighted by Crippen LogP contribution is -2.23. The maximum atomic E-state index is 12.3. The zero-order valence-corrected chi connectivity index (χ0v) is 16.5. The highest BCUT2D eigenvalue weighted by molar-refractivity contribution is 14.1. The van der Waals surface area contributed by atoms with Crippen LogP contribution < -0.4 is 14.8 Å². The second-order valence-corrected chi connectivity index (χ2v) is 6.98. The number of methoxy groups -OCH3 is 1. The molecule has 0 aliphatic rings. The van der Waals surface area contributed by atoms with Gasteiger partial charge in [0.2, 0.25) is 0 Å². The fourth-order valence-corrected chi connectivity index (χ4v) is 3.17. The van der Waals surface area contributed by atoms with Crippen LogP contribution in [0.5, 0.6) is 11.5 Å². The van der Waals surface area contributed by atoms with Crippen molar-refractivity contribution in [1.29, 1.82) is 0 Å². The third-order valence-electron chi connectivity index (χ3n) is 3.41. The standard InChI is InChI=1S/C19H22INO3/c1-12(2)24-17-8-6-14(10-18(17)23-4)11-21-19(22)15-7-5-13(3)9-16(15)20/h5-10,12H,11H2,1-4H3,(H,21,22). The van der Waals surface area contributed by atoms with E-state index in [2.05, 4.69) is 27.9 Å². The molecule has 2 aromatic carbocycles. The summed E-state index contributed by atoms with van der Waals surface area (Å²) in [6.07, 6.45) is 0.0769. The third-order valence-corrected chi connectivity index (χ3v) is 4.31. The highest BCUT2D eigenvalue weighted by Gasteiger charge is 2.11. The number of ether oxygens (including phenoxy) is 2. The van der Waals surface area contributed by atoms with E-state index in [1.54, 1.807) is 7.11 Å². The Labute approximate surface area is 156 Å². The van der Waals surface area contributed by atoms with Crippen molar-refractivity contribution >= 4 is 28.5 Å². The summed E-state index contributed by atoms with van der Waals surface area (Å²) in [5, 5.41) is 2.95. The summed E-state index contributed by atoms with van der Waals surface area (Å²) in [6.45, 7) is 6.38. The van der Waals surface area contributed by atoms with Gasteiger partial charge >= 0.3 is 0 Å². The molecule has 0 bridgehead atoms. The Morgan fingerprint density at radius 1 is 1.17 bits per heavy atom. The predicted octanol–water partition coefficient (Wildman–Crippen LogP) is 4.33. The molecule has 0 aromatic heterocycles. The van der Waals surface area contributed by atoms with E-state index in [0.717, 1.165) is 14.7 Å². The number of amides is 1. The molecule has 4 nitrogen and oxygen atoms in total. The molecule has 0 radical (unpaired) electrons. The van der Waals surface area contributed by atoms with Crippen LogP contribution in [0.15, 0.2) is 36.4 Å². The number of carbonyl (C=O) groups is 1. The molecule has 2 rings (SSSR count). The van der Waals surface area contributed by atoms with Crippen molar-refractivity contribution < 1.29 is 14.3 Å². The quantitative estimate of drug-likeness (QED) is 0.682. The number of rotatable bonds is 6. The number of hydrogen-bond acceptors (Lipinski definition) is 3. The first-order valence-electron chi connectivity index (χ1n) is 7.78. The normalized spacial score (nSPS) is 10.6. The highest BCUT2D eigenvalue weighted by Crippen LogP contribution is 2.29. The van der Waals surface area contributed by atoms with E-state index in [0.29, 0.717) is 23.6 Å². The molecule has 2 aromatic rings. The Balaban J connectivity index is 2.07. The van der Waals surface area contributed by atoms with Crippen molar-refractivity contribution in [2.24, 2.45) is 0 Å². The molecular formula is C19H22INO3. The van der Waals surface area contributed by atoms with Gasteiger partial charge in [-0.15, -0.1) is 0 Å². The summed E-state index contributed by atoms with van der Waals surface area (Å²) in [6, 6.07) is 11.5. The van der Waals surface area contributed by atoms with Crippen molar-refractivity contribution in [3.8, 4) is 11.5 Å². The van der Waals surface area contributed by atoms with Crippen molar-refractivity contribution in [3.05, 3.63) is 56.7 Å². The van der Waals surface area contributed by atoms with Crippen molar-refractivity contribution in [2.45, 2.75) is 33.4 Å². The average Bonchev–Trinajstić information content (AvgIpc) is 2.53. The summed E-state index contributed by atoms with van der Waals surface area (Å²) in [5.41, 5.74) is 2.78. The first-order chi connectivity index (χ1) is 11.4. The molecule has 5 heteroatoms. The molecule has 24 heavy (non-hydrogen) atoms. The van der Waals surface area contributed by atoms with Crippen LogP contribution in [-0.2, 0) is 6.54 Å². The summed E-state index contributed by atoms with van der Waals surface area (Å²) >= 11 is 2.18. The highest BCUT2D eigenvalue weighted by atomic mass is 127. The molecule has 0 saturated heterocycles. The van der Waals surface area contributed by atoms with Gasteiger partial charge < -0.3 is 14.8 Å². The molecule has 0 aliphatic heterocycles. The summed E-state index contributed by atoms with van der Waals surface area (Å²) in [7, 11) is 1.61. The predicted molar refractivity (Wildman–Crippen MR) is 104 cm³/mol. The van der Waals surface area contributed by atoms with Crippen LogP contribution in [0.25, 0.3) is 0 Å². The average molecular weight is 439 g/mol. The number of benzene rings is 2. The lowest BCUT2D eigenvalue weighted by Gasteiger charge is -2.15. The maximum absolute atomic E-state index is 12.3. The van der Waals surface area contributed by atoms with E-state index in [1.807, 2.05) is 57.2 Å². The van der Waals surface area contributed by atoms with E-state index >= 15 is 0 Å². The minimum atomic E-state index is -0.0825. The zero-order valence-electron chi connectivity index (χ0n) is 14.4. The Morgan fingerprint density at radius 2 is 1.92 bits per heavy atom. The molecule has 0 unspecified atom stereocenters. The first-order valence-corrected chi connectivity index (χ1v) is 8.86. The van der Waals surface area contributed by atoms with Crippen LogP contribution in [0.1, 0.15) is 35.3 Å². The fourth-order valence-electron chi connectivity index (χ4n) is 2.26. The van der Waals surface area contributed by atoms with Crippen molar-refractivity contribution in [3.63, 3.8) is 0 Å². The van der Waals surface area contributed by atoms with Gasteiger partial charge in [-0.3, -0.25) is 4.79 Å². The van der Waals surface area contributed by atoms with Gasteiger partial charge in [0.25, 0.3) is 5.91 Å². The third kappa shape index (κ3) is 4.87. The van der Waals surface area contributed by atoms with Crippen molar-refractivity contribution in [2.75, 3.05) is 7.11 Å². The fraction of sp³-hybridized carbons (Fsp3) is 0.316. The van der Waals surface area contributed by atoms with E-state index in [4.69, 9.17) is 9.47 Å². The van der Waals surface area contributed by atoms with Gasteiger partial charge in [0.15, 0.2) is 11.5 Å². The molecule has 0 aliphatic carbocycles. The van der Waals surface area contributed by atoms with Gasteiger partial charge in [-0.2, -0.15) is 0 Å². The molecule has 0 heterocycles. The van der Waals surface area contributed by atoms with Gasteiger partial charge in [-0.1, -0.05) is 17.7 Å². The van der Waals surface area contributed by atoms with E-state index < -0.39 is 0 Å². The summed E-state index contributed by atoms with van der Waals surface area (Å²) < 4.78 is 12.0. The number of aryl methyl sites for hydroxylation is 1. The largest absolute Gasteiger partial charge is 0.493 e. The lowest BCUT2D eigenvalue weighted by molar-refractivity contribution is 0.0950. The monoisotopic (exact) mass is 439 g/mol. The Hall–Kier alpha value is -1.76. The Kier molecular flexibility index (Phi) is 6.48. The van der Waals surface area contributed by atoms with Crippen LogP contribution >= 0.6 is 22.6 Å². The lowest BCUT2D eigenvalue weighted by atomic mass is 10.1. The number of hydrogen-bond donors (Lipinski definition) is 1.